The second-order valence-electron chi connectivity index (χ2n) is 4.66. The van der Waals surface area contributed by atoms with Crippen LogP contribution in [0.1, 0.15) is 12.8 Å². The average Bonchev–Trinajstić information content (AvgIpc) is 2.37. The van der Waals surface area contributed by atoms with Crippen LogP contribution in [0.15, 0.2) is 55.6 Å². The quantitative estimate of drug-likeness (QED) is 0.307. The Bertz CT molecular complexity index is 334. The van der Waals surface area contributed by atoms with Crippen LogP contribution in [0.5, 0.6) is 0 Å². The Hall–Kier alpha value is -1.70. The summed E-state index contributed by atoms with van der Waals surface area (Å²) in [5.41, 5.74) is -0.160. The molecule has 0 spiro atoms. The maximum absolute atomic E-state index is 10.4. The van der Waals surface area contributed by atoms with Crippen molar-refractivity contribution < 1.29 is 4.79 Å². The van der Waals surface area contributed by atoms with Crippen LogP contribution in [0.4, 0.5) is 0 Å². The first-order valence-electron chi connectivity index (χ1n) is 6.37. The van der Waals surface area contributed by atoms with Gasteiger partial charge in [-0.1, -0.05) is 24.3 Å². The summed E-state index contributed by atoms with van der Waals surface area (Å²) in [6.07, 6.45) is 10.6. The molecule has 0 saturated heterocycles. The van der Waals surface area contributed by atoms with E-state index in [0.717, 1.165) is 32.5 Å². The Morgan fingerprint density at radius 1 is 1.00 bits per heavy atom. The summed E-state index contributed by atoms with van der Waals surface area (Å²) in [5, 5.41) is 0. The second kappa shape index (κ2) is 10.2. The number of nitrogens with zero attached hydrogens (tertiary/aromatic N) is 2. The number of rotatable bonds is 12. The zero-order chi connectivity index (χ0) is 14.6. The molecule has 0 fully saturated rings. The van der Waals surface area contributed by atoms with E-state index in [1.807, 2.05) is 24.3 Å². The molecular formula is C16H24N2O. The molecule has 0 aromatic carbocycles. The molecule has 0 radical (unpaired) electrons. The fraction of sp³-hybridized carbons (Fsp3) is 0.438. The van der Waals surface area contributed by atoms with Gasteiger partial charge in [-0.05, 0) is 12.8 Å². The van der Waals surface area contributed by atoms with Gasteiger partial charge in [-0.3, -0.25) is 4.90 Å². The highest BCUT2D eigenvalue weighted by atomic mass is 16.1. The molecule has 0 aromatic heterocycles. The molecule has 104 valence electrons. The van der Waals surface area contributed by atoms with Crippen LogP contribution in [0.3, 0.4) is 0 Å². The lowest BCUT2D eigenvalue weighted by Gasteiger charge is -2.35. The molecule has 3 nitrogen and oxygen atoms in total. The SMILES string of the molecule is C=CCN(CC=C)CC(CC=C)(CC=C)CN=C=O. The van der Waals surface area contributed by atoms with E-state index in [4.69, 9.17) is 0 Å². The summed E-state index contributed by atoms with van der Waals surface area (Å²) in [7, 11) is 0. The Kier molecular flexibility index (Phi) is 9.33. The van der Waals surface area contributed by atoms with Crippen LogP contribution in [0.25, 0.3) is 0 Å². The first kappa shape index (κ1) is 17.3. The van der Waals surface area contributed by atoms with E-state index in [1.165, 1.54) is 0 Å². The molecule has 0 aromatic rings. The lowest BCUT2D eigenvalue weighted by Crippen LogP contribution is -2.39. The van der Waals surface area contributed by atoms with E-state index < -0.39 is 0 Å². The van der Waals surface area contributed by atoms with E-state index in [-0.39, 0.29) is 5.41 Å². The van der Waals surface area contributed by atoms with Crippen molar-refractivity contribution in [2.24, 2.45) is 10.4 Å². The van der Waals surface area contributed by atoms with Gasteiger partial charge in [-0.15, -0.1) is 26.3 Å². The molecular weight excluding hydrogens is 236 g/mol. The molecule has 0 amide bonds. The van der Waals surface area contributed by atoms with E-state index in [1.54, 1.807) is 6.08 Å². The summed E-state index contributed by atoms with van der Waals surface area (Å²) < 4.78 is 0. The van der Waals surface area contributed by atoms with Crippen LogP contribution in [0.2, 0.25) is 0 Å². The van der Waals surface area contributed by atoms with Crippen molar-refractivity contribution in [2.75, 3.05) is 26.2 Å². The third-order valence-corrected chi connectivity index (χ3v) is 2.97. The number of hydrogen-bond donors (Lipinski definition) is 0. The molecule has 3 heteroatoms. The summed E-state index contributed by atoms with van der Waals surface area (Å²) in [6, 6.07) is 0. The van der Waals surface area contributed by atoms with Gasteiger partial charge < -0.3 is 0 Å². The van der Waals surface area contributed by atoms with E-state index >= 15 is 0 Å². The fourth-order valence-electron chi connectivity index (χ4n) is 2.25. The summed E-state index contributed by atoms with van der Waals surface area (Å²) >= 11 is 0. The minimum Gasteiger partial charge on any atom is -0.295 e. The highest BCUT2D eigenvalue weighted by molar-refractivity contribution is 5.33. The normalized spacial score (nSPS) is 10.6. The smallest absolute Gasteiger partial charge is 0.234 e. The first-order chi connectivity index (χ1) is 9.17. The van der Waals surface area contributed by atoms with Gasteiger partial charge in [0.25, 0.3) is 0 Å². The van der Waals surface area contributed by atoms with Crippen LogP contribution in [0, 0.1) is 5.41 Å². The van der Waals surface area contributed by atoms with E-state index in [9.17, 15) is 4.79 Å². The van der Waals surface area contributed by atoms with Crippen molar-refractivity contribution in [3.05, 3.63) is 50.6 Å². The molecule has 0 atom stereocenters. The third-order valence-electron chi connectivity index (χ3n) is 2.97. The van der Waals surface area contributed by atoms with E-state index in [2.05, 4.69) is 36.2 Å². The highest BCUT2D eigenvalue weighted by Crippen LogP contribution is 2.29. The molecule has 0 rings (SSSR count). The first-order valence-corrected chi connectivity index (χ1v) is 6.37. The molecule has 0 bridgehead atoms. The molecule has 19 heavy (non-hydrogen) atoms. The lowest BCUT2D eigenvalue weighted by molar-refractivity contribution is 0.181. The summed E-state index contributed by atoms with van der Waals surface area (Å²) in [6.45, 7) is 17.9. The molecule has 0 aliphatic carbocycles. The van der Waals surface area contributed by atoms with Gasteiger partial charge in [0.05, 0.1) is 6.54 Å². The minimum absolute atomic E-state index is 0.160. The number of isocyanates is 1. The van der Waals surface area contributed by atoms with Gasteiger partial charge >= 0.3 is 0 Å². The van der Waals surface area contributed by atoms with Crippen LogP contribution >= 0.6 is 0 Å². The van der Waals surface area contributed by atoms with Gasteiger partial charge in [0.15, 0.2) is 0 Å². The topological polar surface area (TPSA) is 32.7 Å². The van der Waals surface area contributed by atoms with E-state index in [0.29, 0.717) is 6.54 Å². The van der Waals surface area contributed by atoms with Crippen molar-refractivity contribution in [3.63, 3.8) is 0 Å². The maximum Gasteiger partial charge on any atom is 0.234 e. The summed E-state index contributed by atoms with van der Waals surface area (Å²) in [5.74, 6) is 0. The van der Waals surface area contributed by atoms with Gasteiger partial charge in [0.2, 0.25) is 6.08 Å². The fourth-order valence-corrected chi connectivity index (χ4v) is 2.25. The molecule has 0 saturated carbocycles. The highest BCUT2D eigenvalue weighted by Gasteiger charge is 2.29. The molecule has 0 N–H and O–H groups in total. The van der Waals surface area contributed by atoms with Gasteiger partial charge in [-0.2, -0.15) is 0 Å². The van der Waals surface area contributed by atoms with Crippen LogP contribution in [-0.2, 0) is 4.79 Å². The molecule has 0 aliphatic rings. The van der Waals surface area contributed by atoms with Gasteiger partial charge in [0, 0.05) is 25.0 Å². The van der Waals surface area contributed by atoms with Crippen molar-refractivity contribution in [1.82, 2.24) is 4.90 Å². The predicted molar refractivity (Wildman–Crippen MR) is 81.9 cm³/mol. The minimum atomic E-state index is -0.160. The van der Waals surface area contributed by atoms with Crippen molar-refractivity contribution in [3.8, 4) is 0 Å². The third kappa shape index (κ3) is 6.70. The standard InChI is InChI=1S/C16H24N2O/c1-5-9-16(10-6-2,13-17-15-19)14-18(11-7-3)12-8-4/h5-8H,1-4,9-14H2. The van der Waals surface area contributed by atoms with Gasteiger partial charge in [0.1, 0.15) is 0 Å². The zero-order valence-electron chi connectivity index (χ0n) is 11.7. The lowest BCUT2D eigenvalue weighted by atomic mass is 9.80. The van der Waals surface area contributed by atoms with Crippen molar-refractivity contribution in [1.29, 1.82) is 0 Å². The number of aliphatic imine (C=N–C) groups is 1. The largest absolute Gasteiger partial charge is 0.295 e. The Morgan fingerprint density at radius 3 is 1.89 bits per heavy atom. The molecule has 0 heterocycles. The number of allylic oxidation sites excluding steroid dienone is 2. The Balaban J connectivity index is 5.07. The van der Waals surface area contributed by atoms with Crippen LogP contribution in [-0.4, -0.2) is 37.2 Å². The van der Waals surface area contributed by atoms with Crippen molar-refractivity contribution in [2.45, 2.75) is 12.8 Å². The Morgan fingerprint density at radius 2 is 1.53 bits per heavy atom. The Labute approximate surface area is 116 Å². The monoisotopic (exact) mass is 260 g/mol. The molecule has 0 aliphatic heterocycles. The average molecular weight is 260 g/mol. The summed E-state index contributed by atoms with van der Waals surface area (Å²) in [4.78, 5) is 16.4. The maximum atomic E-state index is 10.4. The number of hydrogen-bond acceptors (Lipinski definition) is 3. The van der Waals surface area contributed by atoms with Gasteiger partial charge in [-0.25, -0.2) is 9.79 Å². The predicted octanol–water partition coefficient (Wildman–Crippen LogP) is 3.13. The number of carbonyl (C=O) groups excluding carboxylic acids is 1. The zero-order valence-corrected chi connectivity index (χ0v) is 11.7. The second-order valence-corrected chi connectivity index (χ2v) is 4.66. The van der Waals surface area contributed by atoms with Crippen LogP contribution < -0.4 is 0 Å². The molecule has 0 unspecified atom stereocenters. The van der Waals surface area contributed by atoms with Crippen molar-refractivity contribution >= 4 is 6.08 Å².